The highest BCUT2D eigenvalue weighted by Crippen LogP contribution is 2.23. The molecule has 0 bridgehead atoms. The Morgan fingerprint density at radius 2 is 2.00 bits per heavy atom. The van der Waals surface area contributed by atoms with Crippen molar-refractivity contribution in [3.63, 3.8) is 0 Å². The first kappa shape index (κ1) is 20.0. The van der Waals surface area contributed by atoms with Crippen LogP contribution in [0.15, 0.2) is 55.3 Å². The van der Waals surface area contributed by atoms with Gasteiger partial charge in [-0.1, -0.05) is 12.6 Å². The number of ether oxygens (including phenoxy) is 3. The fourth-order valence-electron chi connectivity index (χ4n) is 2.13. The highest BCUT2D eigenvalue weighted by Gasteiger charge is 2.10. The topological polar surface area (TPSA) is 78.0 Å². The van der Waals surface area contributed by atoms with Gasteiger partial charge in [0.2, 0.25) is 11.8 Å². The Balaban J connectivity index is 1.97. The van der Waals surface area contributed by atoms with E-state index in [9.17, 15) is 9.59 Å². The van der Waals surface area contributed by atoms with E-state index < -0.39 is 5.97 Å². The van der Waals surface area contributed by atoms with Crippen molar-refractivity contribution in [3.8, 4) is 17.4 Å². The summed E-state index contributed by atoms with van der Waals surface area (Å²) >= 11 is 0. The van der Waals surface area contributed by atoms with Crippen molar-refractivity contribution in [2.75, 3.05) is 19.9 Å². The van der Waals surface area contributed by atoms with E-state index in [4.69, 9.17) is 14.2 Å². The minimum Gasteiger partial charge on any atom is -0.462 e. The first-order valence-corrected chi connectivity index (χ1v) is 8.52. The lowest BCUT2D eigenvalue weighted by molar-refractivity contribution is -0.128. The van der Waals surface area contributed by atoms with Crippen LogP contribution in [0, 0.1) is 0 Å². The molecular weight excluding hydrogens is 348 g/mol. The molecule has 0 unspecified atom stereocenters. The normalized spacial score (nSPS) is 10.0. The summed E-state index contributed by atoms with van der Waals surface area (Å²) in [7, 11) is 0. The molecule has 1 aromatic heterocycles. The van der Waals surface area contributed by atoms with E-state index >= 15 is 0 Å². The van der Waals surface area contributed by atoms with Gasteiger partial charge in [-0.3, -0.25) is 4.79 Å². The Hall–Kier alpha value is -3.35. The maximum Gasteiger partial charge on any atom is 0.338 e. The molecule has 1 aromatic carbocycles. The molecule has 0 N–H and O–H groups in total. The molecular formula is C20H22N2O5. The van der Waals surface area contributed by atoms with Crippen molar-refractivity contribution in [1.82, 2.24) is 9.88 Å². The van der Waals surface area contributed by atoms with E-state index in [1.807, 2.05) is 6.92 Å². The van der Waals surface area contributed by atoms with Gasteiger partial charge in [0.15, 0.2) is 6.73 Å². The van der Waals surface area contributed by atoms with Crippen LogP contribution in [-0.2, 0) is 9.53 Å². The summed E-state index contributed by atoms with van der Waals surface area (Å²) in [5, 5.41) is 0. The van der Waals surface area contributed by atoms with Gasteiger partial charge in [-0.25, -0.2) is 9.78 Å². The van der Waals surface area contributed by atoms with Crippen LogP contribution in [0.1, 0.15) is 24.2 Å². The van der Waals surface area contributed by atoms with Gasteiger partial charge in [0.05, 0.1) is 18.4 Å². The van der Waals surface area contributed by atoms with Crippen molar-refractivity contribution < 1.29 is 23.8 Å². The van der Waals surface area contributed by atoms with Crippen LogP contribution in [0.5, 0.6) is 17.4 Å². The molecule has 2 rings (SSSR count). The van der Waals surface area contributed by atoms with Crippen LogP contribution in [-0.4, -0.2) is 41.6 Å². The summed E-state index contributed by atoms with van der Waals surface area (Å²) < 4.78 is 16.2. The average molecular weight is 370 g/mol. The second kappa shape index (κ2) is 9.96. The number of likely N-dealkylation sites (N-methyl/N-ethyl adjacent to an activating group) is 1. The second-order valence-electron chi connectivity index (χ2n) is 5.35. The fraction of sp³-hybridized carbons (Fsp3) is 0.250. The number of carbonyl (C=O) groups excluding carboxylic acids is 2. The second-order valence-corrected chi connectivity index (χ2v) is 5.35. The number of nitrogens with zero attached hydrogens (tertiary/aromatic N) is 2. The first-order valence-electron chi connectivity index (χ1n) is 8.52. The Labute approximate surface area is 158 Å². The van der Waals surface area contributed by atoms with Crippen LogP contribution < -0.4 is 9.47 Å². The van der Waals surface area contributed by atoms with E-state index in [1.54, 1.807) is 43.3 Å². The maximum atomic E-state index is 11.8. The Morgan fingerprint density at radius 3 is 2.63 bits per heavy atom. The molecule has 0 aliphatic rings. The SMILES string of the molecule is C=CC(=O)N(CC)COc1ccc(Oc2cccc(C(=O)OCC)c2)cn1. The molecule has 0 saturated heterocycles. The van der Waals surface area contributed by atoms with E-state index in [0.717, 1.165) is 0 Å². The number of rotatable bonds is 9. The Bertz CT molecular complexity index is 789. The predicted octanol–water partition coefficient (Wildman–Crippen LogP) is 3.42. The maximum absolute atomic E-state index is 11.8. The van der Waals surface area contributed by atoms with Gasteiger partial charge >= 0.3 is 5.97 Å². The number of benzene rings is 1. The monoisotopic (exact) mass is 370 g/mol. The number of esters is 1. The third kappa shape index (κ3) is 5.85. The average Bonchev–Trinajstić information content (AvgIpc) is 2.69. The number of amides is 1. The van der Waals surface area contributed by atoms with Gasteiger partial charge in [-0.2, -0.15) is 0 Å². The molecule has 1 heterocycles. The van der Waals surface area contributed by atoms with Gasteiger partial charge < -0.3 is 19.1 Å². The quantitative estimate of drug-likeness (QED) is 0.382. The van der Waals surface area contributed by atoms with Gasteiger partial charge in [-0.05, 0) is 44.2 Å². The first-order chi connectivity index (χ1) is 13.1. The van der Waals surface area contributed by atoms with Crippen LogP contribution >= 0.6 is 0 Å². The summed E-state index contributed by atoms with van der Waals surface area (Å²) in [5.41, 5.74) is 0.411. The minimum absolute atomic E-state index is 0.0795. The summed E-state index contributed by atoms with van der Waals surface area (Å²) in [6, 6.07) is 10.0. The van der Waals surface area contributed by atoms with Crippen LogP contribution in [0.2, 0.25) is 0 Å². The number of hydrogen-bond donors (Lipinski definition) is 0. The van der Waals surface area contributed by atoms with Crippen molar-refractivity contribution in [3.05, 3.63) is 60.8 Å². The Kier molecular flexibility index (Phi) is 7.37. The zero-order chi connectivity index (χ0) is 19.6. The molecule has 7 heteroatoms. The number of pyridine rings is 1. The molecule has 0 radical (unpaired) electrons. The van der Waals surface area contributed by atoms with Crippen LogP contribution in [0.25, 0.3) is 0 Å². The van der Waals surface area contributed by atoms with Crippen molar-refractivity contribution >= 4 is 11.9 Å². The highest BCUT2D eigenvalue weighted by atomic mass is 16.5. The van der Waals surface area contributed by atoms with Gasteiger partial charge in [0, 0.05) is 12.6 Å². The molecule has 0 atom stereocenters. The number of aromatic nitrogens is 1. The smallest absolute Gasteiger partial charge is 0.338 e. The van der Waals surface area contributed by atoms with E-state index in [-0.39, 0.29) is 12.6 Å². The third-order valence-corrected chi connectivity index (χ3v) is 3.53. The molecule has 7 nitrogen and oxygen atoms in total. The van der Waals surface area contributed by atoms with Crippen LogP contribution in [0.3, 0.4) is 0 Å². The lowest BCUT2D eigenvalue weighted by Crippen LogP contribution is -2.32. The van der Waals surface area contributed by atoms with Gasteiger partial charge in [0.25, 0.3) is 0 Å². The fourth-order valence-corrected chi connectivity index (χ4v) is 2.13. The van der Waals surface area contributed by atoms with Crippen molar-refractivity contribution in [1.29, 1.82) is 0 Å². The minimum atomic E-state index is -0.403. The molecule has 27 heavy (non-hydrogen) atoms. The lowest BCUT2D eigenvalue weighted by atomic mass is 10.2. The lowest BCUT2D eigenvalue weighted by Gasteiger charge is -2.18. The van der Waals surface area contributed by atoms with Crippen LogP contribution in [0.4, 0.5) is 0 Å². The molecule has 2 aromatic rings. The molecule has 142 valence electrons. The largest absolute Gasteiger partial charge is 0.462 e. The zero-order valence-electron chi connectivity index (χ0n) is 15.4. The van der Waals surface area contributed by atoms with Gasteiger partial charge in [0.1, 0.15) is 11.5 Å². The molecule has 0 aliphatic carbocycles. The number of hydrogen-bond acceptors (Lipinski definition) is 6. The molecule has 0 fully saturated rings. The number of carbonyl (C=O) groups is 2. The molecule has 0 saturated carbocycles. The van der Waals surface area contributed by atoms with Gasteiger partial charge in [-0.15, -0.1) is 0 Å². The van der Waals surface area contributed by atoms with E-state index in [1.165, 1.54) is 17.2 Å². The summed E-state index contributed by atoms with van der Waals surface area (Å²) in [6.07, 6.45) is 2.74. The summed E-state index contributed by atoms with van der Waals surface area (Å²) in [5.74, 6) is 0.721. The molecule has 0 aliphatic heterocycles. The molecule has 0 spiro atoms. The summed E-state index contributed by atoms with van der Waals surface area (Å²) in [6.45, 7) is 7.94. The van der Waals surface area contributed by atoms with E-state index in [0.29, 0.717) is 36.1 Å². The Morgan fingerprint density at radius 1 is 1.19 bits per heavy atom. The highest BCUT2D eigenvalue weighted by molar-refractivity contribution is 5.89. The van der Waals surface area contributed by atoms with Crippen molar-refractivity contribution in [2.24, 2.45) is 0 Å². The predicted molar refractivity (Wildman–Crippen MR) is 99.8 cm³/mol. The van der Waals surface area contributed by atoms with Crippen molar-refractivity contribution in [2.45, 2.75) is 13.8 Å². The standard InChI is InChI=1S/C20H22N2O5/c1-4-19(23)22(5-2)14-26-18-11-10-17(13-21-18)27-16-9-7-8-15(12-16)20(24)25-6-3/h4,7-13H,1,5-6,14H2,2-3H3. The van der Waals surface area contributed by atoms with E-state index in [2.05, 4.69) is 11.6 Å². The summed E-state index contributed by atoms with van der Waals surface area (Å²) in [4.78, 5) is 29.0. The third-order valence-electron chi connectivity index (χ3n) is 3.53. The zero-order valence-corrected chi connectivity index (χ0v) is 15.4. The molecule has 1 amide bonds.